The van der Waals surface area contributed by atoms with E-state index in [4.69, 9.17) is 27.9 Å². The van der Waals surface area contributed by atoms with E-state index in [-0.39, 0.29) is 5.28 Å². The van der Waals surface area contributed by atoms with Crippen molar-refractivity contribution in [1.29, 1.82) is 0 Å². The smallest absolute Gasteiger partial charge is 0.224 e. The summed E-state index contributed by atoms with van der Waals surface area (Å²) in [5.41, 5.74) is 0.929. The van der Waals surface area contributed by atoms with Crippen molar-refractivity contribution in [1.82, 2.24) is 9.97 Å². The van der Waals surface area contributed by atoms with Crippen molar-refractivity contribution < 1.29 is 4.74 Å². The maximum absolute atomic E-state index is 5.80. The zero-order chi connectivity index (χ0) is 9.97. The monoisotopic (exact) mass is 232 g/mol. The maximum atomic E-state index is 5.80. The van der Waals surface area contributed by atoms with Crippen LogP contribution < -0.4 is 0 Å². The van der Waals surface area contributed by atoms with Crippen molar-refractivity contribution in [2.75, 3.05) is 13.2 Å². The molecule has 1 aromatic rings. The summed E-state index contributed by atoms with van der Waals surface area (Å²) in [7, 11) is 0. The molecule has 2 heterocycles. The maximum Gasteiger partial charge on any atom is 0.224 e. The molecule has 0 unspecified atom stereocenters. The van der Waals surface area contributed by atoms with Crippen molar-refractivity contribution in [3.63, 3.8) is 0 Å². The molecule has 0 aromatic carbocycles. The Bertz CT molecular complexity index is 306. The molecular formula is C9H10Cl2N2O. The van der Waals surface area contributed by atoms with Gasteiger partial charge in [0.05, 0.1) is 5.69 Å². The molecule has 0 bridgehead atoms. The van der Waals surface area contributed by atoms with E-state index in [2.05, 4.69) is 9.97 Å². The standard InChI is InChI=1S/C9H10Cl2N2O/c10-8-5-7(12-9(11)13-8)6-1-3-14-4-2-6/h5-6H,1-4H2. The third kappa shape index (κ3) is 2.35. The first-order valence-electron chi connectivity index (χ1n) is 4.53. The average Bonchev–Trinajstić information content (AvgIpc) is 2.18. The molecule has 1 aliphatic heterocycles. The van der Waals surface area contributed by atoms with Gasteiger partial charge in [0.15, 0.2) is 0 Å². The van der Waals surface area contributed by atoms with E-state index in [1.54, 1.807) is 6.07 Å². The second-order valence-corrected chi connectivity index (χ2v) is 4.00. The summed E-state index contributed by atoms with van der Waals surface area (Å²) >= 11 is 11.5. The molecule has 0 N–H and O–H groups in total. The third-order valence-corrected chi connectivity index (χ3v) is 2.69. The van der Waals surface area contributed by atoms with Crippen LogP contribution in [0, 0.1) is 0 Å². The Morgan fingerprint density at radius 2 is 1.93 bits per heavy atom. The normalized spacial score (nSPS) is 18.4. The number of ether oxygens (including phenoxy) is 1. The fraction of sp³-hybridized carbons (Fsp3) is 0.556. The molecular weight excluding hydrogens is 223 g/mol. The number of hydrogen-bond donors (Lipinski definition) is 0. The lowest BCUT2D eigenvalue weighted by atomic mass is 9.96. The summed E-state index contributed by atoms with van der Waals surface area (Å²) < 4.78 is 5.27. The van der Waals surface area contributed by atoms with Crippen molar-refractivity contribution in [2.45, 2.75) is 18.8 Å². The summed E-state index contributed by atoms with van der Waals surface area (Å²) in [6.45, 7) is 1.56. The van der Waals surface area contributed by atoms with E-state index in [1.807, 2.05) is 0 Å². The lowest BCUT2D eigenvalue weighted by Crippen LogP contribution is -2.15. The van der Waals surface area contributed by atoms with Crippen LogP contribution in [0.25, 0.3) is 0 Å². The van der Waals surface area contributed by atoms with Crippen LogP contribution in [0.15, 0.2) is 6.07 Å². The Labute approximate surface area is 92.4 Å². The Morgan fingerprint density at radius 1 is 1.21 bits per heavy atom. The van der Waals surface area contributed by atoms with Gasteiger partial charge in [-0.25, -0.2) is 9.97 Å². The molecule has 1 aromatic heterocycles. The molecule has 1 fully saturated rings. The molecule has 0 aliphatic carbocycles. The summed E-state index contributed by atoms with van der Waals surface area (Å²) in [5, 5.41) is 0.630. The minimum atomic E-state index is 0.221. The molecule has 0 atom stereocenters. The number of aromatic nitrogens is 2. The molecule has 14 heavy (non-hydrogen) atoms. The number of halogens is 2. The molecule has 0 spiro atoms. The highest BCUT2D eigenvalue weighted by atomic mass is 35.5. The first-order chi connectivity index (χ1) is 6.75. The van der Waals surface area contributed by atoms with Crippen LogP contribution in [0.5, 0.6) is 0 Å². The van der Waals surface area contributed by atoms with E-state index in [0.717, 1.165) is 31.7 Å². The Kier molecular flexibility index (Phi) is 3.21. The highest BCUT2D eigenvalue weighted by Gasteiger charge is 2.18. The quantitative estimate of drug-likeness (QED) is 0.552. The number of hydrogen-bond acceptors (Lipinski definition) is 3. The minimum absolute atomic E-state index is 0.221. The lowest BCUT2D eigenvalue weighted by Gasteiger charge is -2.21. The van der Waals surface area contributed by atoms with Crippen LogP contribution in [0.4, 0.5) is 0 Å². The van der Waals surface area contributed by atoms with E-state index < -0.39 is 0 Å². The second-order valence-electron chi connectivity index (χ2n) is 3.27. The van der Waals surface area contributed by atoms with Gasteiger partial charge in [-0.15, -0.1) is 0 Å². The Balaban J connectivity index is 2.21. The predicted octanol–water partition coefficient (Wildman–Crippen LogP) is 2.68. The van der Waals surface area contributed by atoms with Crippen LogP contribution in [0.3, 0.4) is 0 Å². The van der Waals surface area contributed by atoms with Gasteiger partial charge in [0.1, 0.15) is 5.15 Å². The molecule has 0 amide bonds. The van der Waals surface area contributed by atoms with E-state index >= 15 is 0 Å². The van der Waals surface area contributed by atoms with E-state index in [1.165, 1.54) is 0 Å². The Hall–Kier alpha value is -0.380. The zero-order valence-corrected chi connectivity index (χ0v) is 9.05. The highest BCUT2D eigenvalue weighted by Crippen LogP contribution is 2.27. The van der Waals surface area contributed by atoms with E-state index in [0.29, 0.717) is 11.1 Å². The SMILES string of the molecule is Clc1cc(C2CCOCC2)nc(Cl)n1. The number of nitrogens with zero attached hydrogens (tertiary/aromatic N) is 2. The van der Waals surface area contributed by atoms with Crippen LogP contribution in [-0.4, -0.2) is 23.2 Å². The summed E-state index contributed by atoms with van der Waals surface area (Å²) in [6, 6.07) is 1.78. The van der Waals surface area contributed by atoms with Crippen LogP contribution >= 0.6 is 23.2 Å². The van der Waals surface area contributed by atoms with Crippen LogP contribution in [-0.2, 0) is 4.74 Å². The summed E-state index contributed by atoms with van der Waals surface area (Å²) in [6.07, 6.45) is 1.95. The first-order valence-corrected chi connectivity index (χ1v) is 5.29. The minimum Gasteiger partial charge on any atom is -0.381 e. The fourth-order valence-electron chi connectivity index (χ4n) is 1.61. The van der Waals surface area contributed by atoms with Crippen LogP contribution in [0.2, 0.25) is 10.4 Å². The molecule has 0 radical (unpaired) electrons. The first kappa shape index (κ1) is 10.1. The number of rotatable bonds is 1. The summed E-state index contributed by atoms with van der Waals surface area (Å²) in [5.74, 6) is 0.404. The Morgan fingerprint density at radius 3 is 2.57 bits per heavy atom. The predicted molar refractivity (Wildman–Crippen MR) is 54.8 cm³/mol. The fourth-order valence-corrected chi connectivity index (χ4v) is 2.03. The average molecular weight is 233 g/mol. The molecule has 5 heteroatoms. The van der Waals surface area contributed by atoms with Crippen molar-refractivity contribution in [2.24, 2.45) is 0 Å². The molecule has 76 valence electrons. The van der Waals surface area contributed by atoms with Gasteiger partial charge in [0, 0.05) is 19.1 Å². The van der Waals surface area contributed by atoms with Gasteiger partial charge >= 0.3 is 0 Å². The van der Waals surface area contributed by atoms with Gasteiger partial charge in [0.2, 0.25) is 5.28 Å². The molecule has 1 aliphatic rings. The summed E-state index contributed by atoms with van der Waals surface area (Å²) in [4.78, 5) is 7.99. The zero-order valence-electron chi connectivity index (χ0n) is 7.54. The van der Waals surface area contributed by atoms with Crippen LogP contribution in [0.1, 0.15) is 24.5 Å². The van der Waals surface area contributed by atoms with Gasteiger partial charge < -0.3 is 4.74 Å². The largest absolute Gasteiger partial charge is 0.381 e. The van der Waals surface area contributed by atoms with Crippen molar-refractivity contribution in [3.8, 4) is 0 Å². The van der Waals surface area contributed by atoms with Gasteiger partial charge in [0.25, 0.3) is 0 Å². The third-order valence-electron chi connectivity index (χ3n) is 2.33. The molecule has 1 saturated heterocycles. The van der Waals surface area contributed by atoms with Gasteiger partial charge in [-0.05, 0) is 30.5 Å². The van der Waals surface area contributed by atoms with E-state index in [9.17, 15) is 0 Å². The van der Waals surface area contributed by atoms with Crippen molar-refractivity contribution >= 4 is 23.2 Å². The van der Waals surface area contributed by atoms with Crippen molar-refractivity contribution in [3.05, 3.63) is 22.2 Å². The molecule has 0 saturated carbocycles. The molecule has 3 nitrogen and oxygen atoms in total. The van der Waals surface area contributed by atoms with Gasteiger partial charge in [-0.2, -0.15) is 0 Å². The lowest BCUT2D eigenvalue weighted by molar-refractivity contribution is 0.0845. The highest BCUT2D eigenvalue weighted by molar-refractivity contribution is 6.31. The second kappa shape index (κ2) is 4.43. The molecule has 2 rings (SSSR count). The van der Waals surface area contributed by atoms with Gasteiger partial charge in [-0.1, -0.05) is 11.6 Å². The van der Waals surface area contributed by atoms with Gasteiger partial charge in [-0.3, -0.25) is 0 Å². The topological polar surface area (TPSA) is 35.0 Å².